The molecule has 0 spiro atoms. The van der Waals surface area contributed by atoms with E-state index in [0.717, 1.165) is 5.56 Å². The number of rotatable bonds is 3. The first-order valence-electron chi connectivity index (χ1n) is 6.36. The zero-order valence-corrected chi connectivity index (χ0v) is 11.8. The molecule has 1 aromatic heterocycles. The summed E-state index contributed by atoms with van der Waals surface area (Å²) in [4.78, 5) is 26.1. The molecule has 0 fully saturated rings. The van der Waals surface area contributed by atoms with E-state index in [1.54, 1.807) is 29.5 Å². The first kappa shape index (κ1) is 12.9. The summed E-state index contributed by atoms with van der Waals surface area (Å²) in [5.74, 6) is -0.479. The van der Waals surface area contributed by atoms with Crippen LogP contribution in [0.3, 0.4) is 0 Å². The minimum Gasteiger partial charge on any atom is -0.399 e. The Bertz CT molecular complexity index is 679. The summed E-state index contributed by atoms with van der Waals surface area (Å²) < 4.78 is 0. The van der Waals surface area contributed by atoms with Gasteiger partial charge in [0.05, 0.1) is 11.1 Å². The van der Waals surface area contributed by atoms with Crippen molar-refractivity contribution in [2.75, 3.05) is 5.73 Å². The number of amides is 2. The first-order valence-corrected chi connectivity index (χ1v) is 7.30. The van der Waals surface area contributed by atoms with Crippen LogP contribution in [-0.2, 0) is 6.42 Å². The number of imide groups is 1. The zero-order valence-electron chi connectivity index (χ0n) is 11.0. The van der Waals surface area contributed by atoms with Gasteiger partial charge in [-0.15, -0.1) is 0 Å². The van der Waals surface area contributed by atoms with Crippen molar-refractivity contribution >= 4 is 28.8 Å². The van der Waals surface area contributed by atoms with Gasteiger partial charge in [0.25, 0.3) is 11.8 Å². The number of thiophene rings is 1. The van der Waals surface area contributed by atoms with Crippen molar-refractivity contribution in [2.45, 2.75) is 19.4 Å². The van der Waals surface area contributed by atoms with E-state index in [0.29, 0.717) is 23.2 Å². The van der Waals surface area contributed by atoms with Gasteiger partial charge in [-0.1, -0.05) is 0 Å². The maximum Gasteiger partial charge on any atom is 0.261 e. The Balaban J connectivity index is 1.89. The fourth-order valence-electron chi connectivity index (χ4n) is 2.52. The molecule has 1 aliphatic heterocycles. The Kier molecular flexibility index (Phi) is 3.06. The fourth-order valence-corrected chi connectivity index (χ4v) is 3.20. The number of carbonyl (C=O) groups is 2. The monoisotopic (exact) mass is 286 g/mol. The second-order valence-corrected chi connectivity index (χ2v) is 5.75. The number of nitrogens with zero attached hydrogens (tertiary/aromatic N) is 1. The Labute approximate surface area is 120 Å². The number of anilines is 1. The quantitative estimate of drug-likeness (QED) is 0.696. The molecular weight excluding hydrogens is 272 g/mol. The molecular formula is C15H14N2O2S. The van der Waals surface area contributed by atoms with Gasteiger partial charge in [-0.2, -0.15) is 11.3 Å². The number of benzene rings is 1. The molecule has 1 unspecified atom stereocenters. The van der Waals surface area contributed by atoms with Crippen LogP contribution in [0.5, 0.6) is 0 Å². The van der Waals surface area contributed by atoms with E-state index in [2.05, 4.69) is 0 Å². The summed E-state index contributed by atoms with van der Waals surface area (Å²) >= 11 is 1.61. The normalized spacial score (nSPS) is 15.6. The fraction of sp³-hybridized carbons (Fsp3) is 0.200. The average Bonchev–Trinajstić information content (AvgIpc) is 2.98. The van der Waals surface area contributed by atoms with Crippen molar-refractivity contribution in [1.82, 2.24) is 4.90 Å². The lowest BCUT2D eigenvalue weighted by atomic mass is 10.1. The van der Waals surface area contributed by atoms with Gasteiger partial charge in [-0.05, 0) is 53.9 Å². The van der Waals surface area contributed by atoms with Gasteiger partial charge in [-0.25, -0.2) is 0 Å². The van der Waals surface area contributed by atoms with Gasteiger partial charge < -0.3 is 5.73 Å². The molecule has 20 heavy (non-hydrogen) atoms. The maximum atomic E-state index is 12.4. The van der Waals surface area contributed by atoms with Crippen LogP contribution in [0.15, 0.2) is 35.0 Å². The second-order valence-electron chi connectivity index (χ2n) is 4.97. The van der Waals surface area contributed by atoms with Crippen molar-refractivity contribution < 1.29 is 9.59 Å². The standard InChI is InChI=1S/C15H14N2O2S/c1-9(6-10-4-5-20-8-10)17-14(18)12-3-2-11(16)7-13(12)15(17)19/h2-5,7-9H,6,16H2,1H3. The van der Waals surface area contributed by atoms with Gasteiger partial charge in [0.2, 0.25) is 0 Å². The van der Waals surface area contributed by atoms with E-state index >= 15 is 0 Å². The largest absolute Gasteiger partial charge is 0.399 e. The molecule has 0 saturated heterocycles. The van der Waals surface area contributed by atoms with Crippen molar-refractivity contribution in [3.63, 3.8) is 0 Å². The van der Waals surface area contributed by atoms with E-state index < -0.39 is 0 Å². The van der Waals surface area contributed by atoms with Crippen LogP contribution in [0.25, 0.3) is 0 Å². The SMILES string of the molecule is CC(Cc1ccsc1)N1C(=O)c2ccc(N)cc2C1=O. The molecule has 1 atom stereocenters. The number of hydrogen-bond acceptors (Lipinski definition) is 4. The Hall–Kier alpha value is -2.14. The molecule has 5 heteroatoms. The van der Waals surface area contributed by atoms with E-state index in [9.17, 15) is 9.59 Å². The summed E-state index contributed by atoms with van der Waals surface area (Å²) in [7, 11) is 0. The molecule has 2 heterocycles. The highest BCUT2D eigenvalue weighted by atomic mass is 32.1. The number of nitrogen functional groups attached to an aromatic ring is 1. The van der Waals surface area contributed by atoms with E-state index in [1.807, 2.05) is 23.8 Å². The number of nitrogens with two attached hydrogens (primary N) is 1. The van der Waals surface area contributed by atoms with Crippen LogP contribution in [0.2, 0.25) is 0 Å². The number of carbonyl (C=O) groups excluding carboxylic acids is 2. The third-order valence-electron chi connectivity index (χ3n) is 3.49. The lowest BCUT2D eigenvalue weighted by Gasteiger charge is -2.22. The molecule has 0 bridgehead atoms. The van der Waals surface area contributed by atoms with Gasteiger partial charge in [0.15, 0.2) is 0 Å². The van der Waals surface area contributed by atoms with Crippen LogP contribution in [0.1, 0.15) is 33.2 Å². The molecule has 0 radical (unpaired) electrons. The molecule has 3 rings (SSSR count). The third-order valence-corrected chi connectivity index (χ3v) is 4.23. The second kappa shape index (κ2) is 4.76. The van der Waals surface area contributed by atoms with Crippen molar-refractivity contribution in [3.05, 3.63) is 51.7 Å². The van der Waals surface area contributed by atoms with E-state index in [4.69, 9.17) is 5.73 Å². The van der Waals surface area contributed by atoms with Gasteiger partial charge in [0, 0.05) is 11.7 Å². The maximum absolute atomic E-state index is 12.4. The summed E-state index contributed by atoms with van der Waals surface area (Å²) in [6.07, 6.45) is 0.671. The molecule has 0 aliphatic carbocycles. The molecule has 1 aliphatic rings. The minimum absolute atomic E-state index is 0.168. The van der Waals surface area contributed by atoms with Crippen molar-refractivity contribution in [1.29, 1.82) is 0 Å². The van der Waals surface area contributed by atoms with Crippen molar-refractivity contribution in [3.8, 4) is 0 Å². The van der Waals surface area contributed by atoms with Gasteiger partial charge >= 0.3 is 0 Å². The van der Waals surface area contributed by atoms with Crippen LogP contribution in [-0.4, -0.2) is 22.8 Å². The van der Waals surface area contributed by atoms with Crippen molar-refractivity contribution in [2.24, 2.45) is 0 Å². The van der Waals surface area contributed by atoms with Crippen LogP contribution in [0, 0.1) is 0 Å². The number of hydrogen-bond donors (Lipinski definition) is 1. The summed E-state index contributed by atoms with van der Waals surface area (Å²) in [5, 5.41) is 4.03. The summed E-state index contributed by atoms with van der Waals surface area (Å²) in [5.41, 5.74) is 8.18. The molecule has 0 saturated carbocycles. The van der Waals surface area contributed by atoms with Gasteiger partial charge in [0.1, 0.15) is 0 Å². The Morgan fingerprint density at radius 1 is 1.20 bits per heavy atom. The topological polar surface area (TPSA) is 63.4 Å². The lowest BCUT2D eigenvalue weighted by Crippen LogP contribution is -2.39. The first-order chi connectivity index (χ1) is 9.58. The van der Waals surface area contributed by atoms with Gasteiger partial charge in [-0.3, -0.25) is 14.5 Å². The van der Waals surface area contributed by atoms with Crippen LogP contribution in [0.4, 0.5) is 5.69 Å². The summed E-state index contributed by atoms with van der Waals surface area (Å²) in [6.45, 7) is 1.89. The van der Waals surface area contributed by atoms with Crippen LogP contribution < -0.4 is 5.73 Å². The highest BCUT2D eigenvalue weighted by Gasteiger charge is 2.38. The summed E-state index contributed by atoms with van der Waals surface area (Å²) in [6, 6.07) is 6.70. The zero-order chi connectivity index (χ0) is 14.3. The molecule has 1 aromatic carbocycles. The number of fused-ring (bicyclic) bond motifs is 1. The molecule has 2 N–H and O–H groups in total. The van der Waals surface area contributed by atoms with E-state index in [1.165, 1.54) is 4.90 Å². The van der Waals surface area contributed by atoms with E-state index in [-0.39, 0.29) is 17.9 Å². The minimum atomic E-state index is -0.250. The highest BCUT2D eigenvalue weighted by Crippen LogP contribution is 2.27. The smallest absolute Gasteiger partial charge is 0.261 e. The molecule has 4 nitrogen and oxygen atoms in total. The Morgan fingerprint density at radius 2 is 1.95 bits per heavy atom. The molecule has 2 aromatic rings. The Morgan fingerprint density at radius 3 is 2.65 bits per heavy atom. The average molecular weight is 286 g/mol. The van der Waals surface area contributed by atoms with Crippen LogP contribution >= 0.6 is 11.3 Å². The molecule has 2 amide bonds. The predicted molar refractivity (Wildman–Crippen MR) is 78.8 cm³/mol. The highest BCUT2D eigenvalue weighted by molar-refractivity contribution is 7.07. The molecule has 102 valence electrons. The third kappa shape index (κ3) is 2.00. The predicted octanol–water partition coefficient (Wildman–Crippen LogP) is 2.56. The lowest BCUT2D eigenvalue weighted by molar-refractivity contribution is 0.0597.